The molecule has 0 aliphatic carbocycles. The molecule has 0 bridgehead atoms. The van der Waals surface area contributed by atoms with Gasteiger partial charge in [-0.25, -0.2) is 23.7 Å². The Kier molecular flexibility index (Phi) is 6.58. The first-order valence-electron chi connectivity index (χ1n) is 11.9. The van der Waals surface area contributed by atoms with Gasteiger partial charge in [-0.15, -0.1) is 11.3 Å². The van der Waals surface area contributed by atoms with Gasteiger partial charge in [-0.1, -0.05) is 12.1 Å². The molecule has 2 amide bonds. The Morgan fingerprint density at radius 2 is 1.90 bits per heavy atom. The van der Waals surface area contributed by atoms with Crippen LogP contribution in [0.5, 0.6) is 5.75 Å². The van der Waals surface area contributed by atoms with E-state index in [2.05, 4.69) is 30.9 Å². The summed E-state index contributed by atoms with van der Waals surface area (Å²) in [6.45, 7) is -0.0248. The SMILES string of the molecule is O=C1COc2ccc(Nc3nccc(-c4scnc4-c4cccc(NC(=O)c5cc(F)ccc5F)c4)n3)cc2N1. The second kappa shape index (κ2) is 10.5. The molecule has 40 heavy (non-hydrogen) atoms. The first-order chi connectivity index (χ1) is 19.4. The fourth-order valence-corrected chi connectivity index (χ4v) is 4.86. The highest BCUT2D eigenvalue weighted by atomic mass is 32.1. The average Bonchev–Trinajstić information content (AvgIpc) is 3.45. The lowest BCUT2D eigenvalue weighted by molar-refractivity contribution is -0.118. The molecule has 0 saturated carbocycles. The van der Waals surface area contributed by atoms with Gasteiger partial charge in [0, 0.05) is 23.1 Å². The molecule has 6 rings (SSSR count). The standard InChI is InChI=1S/C28H18F2N6O3S/c29-16-4-6-20(30)19(11-16)27(38)33-17-3-1-2-15(10-17)25-26(40-14-32-25)21-8-9-31-28(36-21)34-18-5-7-23-22(12-18)35-24(37)13-39-23/h1-12,14H,13H2,(H,33,38)(H,35,37)(H,31,34,36). The molecular weight excluding hydrogens is 538 g/mol. The van der Waals surface area contributed by atoms with Crippen molar-refractivity contribution in [1.82, 2.24) is 15.0 Å². The van der Waals surface area contributed by atoms with Crippen LogP contribution < -0.4 is 20.7 Å². The second-order valence-corrected chi connectivity index (χ2v) is 9.48. The summed E-state index contributed by atoms with van der Waals surface area (Å²) in [7, 11) is 0. The molecule has 0 radical (unpaired) electrons. The molecule has 1 aliphatic rings. The van der Waals surface area contributed by atoms with Gasteiger partial charge >= 0.3 is 0 Å². The first-order valence-corrected chi connectivity index (χ1v) is 12.8. The van der Waals surface area contributed by atoms with Crippen molar-refractivity contribution in [1.29, 1.82) is 0 Å². The van der Waals surface area contributed by atoms with Gasteiger partial charge in [0.05, 0.1) is 33.0 Å². The van der Waals surface area contributed by atoms with E-state index in [1.165, 1.54) is 11.3 Å². The number of halogens is 2. The summed E-state index contributed by atoms with van der Waals surface area (Å²) in [6, 6.07) is 16.6. The smallest absolute Gasteiger partial charge is 0.262 e. The van der Waals surface area contributed by atoms with Gasteiger partial charge in [0.2, 0.25) is 5.95 Å². The molecule has 2 aromatic heterocycles. The minimum absolute atomic E-state index is 0.0248. The van der Waals surface area contributed by atoms with Crippen LogP contribution in [-0.4, -0.2) is 33.4 Å². The van der Waals surface area contributed by atoms with Crippen molar-refractivity contribution in [2.45, 2.75) is 0 Å². The van der Waals surface area contributed by atoms with Crippen LogP contribution in [0.3, 0.4) is 0 Å². The molecule has 198 valence electrons. The van der Waals surface area contributed by atoms with Crippen LogP contribution in [0, 0.1) is 11.6 Å². The number of benzene rings is 3. The fourth-order valence-electron chi connectivity index (χ4n) is 4.08. The summed E-state index contributed by atoms with van der Waals surface area (Å²) < 4.78 is 33.0. The highest BCUT2D eigenvalue weighted by Crippen LogP contribution is 2.36. The third kappa shape index (κ3) is 5.20. The van der Waals surface area contributed by atoms with Crippen molar-refractivity contribution in [3.63, 3.8) is 0 Å². The zero-order valence-electron chi connectivity index (χ0n) is 20.4. The number of rotatable bonds is 6. The van der Waals surface area contributed by atoms with Crippen molar-refractivity contribution in [3.05, 3.63) is 95.6 Å². The normalized spacial score (nSPS) is 12.2. The number of fused-ring (bicyclic) bond motifs is 1. The van der Waals surface area contributed by atoms with Crippen LogP contribution >= 0.6 is 11.3 Å². The molecule has 0 saturated heterocycles. The van der Waals surface area contributed by atoms with Gasteiger partial charge in [-0.3, -0.25) is 9.59 Å². The number of anilines is 4. The van der Waals surface area contributed by atoms with Crippen LogP contribution in [-0.2, 0) is 4.79 Å². The summed E-state index contributed by atoms with van der Waals surface area (Å²) in [5.41, 5.74) is 4.80. The van der Waals surface area contributed by atoms with E-state index in [0.29, 0.717) is 45.7 Å². The number of nitrogens with one attached hydrogen (secondary N) is 3. The topological polar surface area (TPSA) is 118 Å². The number of ether oxygens (including phenoxy) is 1. The predicted octanol–water partition coefficient (Wildman–Crippen LogP) is 5.87. The largest absolute Gasteiger partial charge is 0.482 e. The molecule has 0 atom stereocenters. The van der Waals surface area contributed by atoms with E-state index in [1.807, 2.05) is 6.07 Å². The number of thiazole rings is 1. The number of aromatic nitrogens is 3. The Labute approximate surface area is 229 Å². The highest BCUT2D eigenvalue weighted by Gasteiger charge is 2.18. The zero-order valence-corrected chi connectivity index (χ0v) is 21.3. The molecule has 3 N–H and O–H groups in total. The summed E-state index contributed by atoms with van der Waals surface area (Å²) in [5.74, 6) is -1.62. The fraction of sp³-hybridized carbons (Fsp3) is 0.0357. The van der Waals surface area contributed by atoms with E-state index >= 15 is 0 Å². The number of nitrogens with zero attached hydrogens (tertiary/aromatic N) is 3. The number of hydrogen-bond acceptors (Lipinski definition) is 8. The van der Waals surface area contributed by atoms with Crippen molar-refractivity contribution in [2.24, 2.45) is 0 Å². The van der Waals surface area contributed by atoms with Crippen molar-refractivity contribution < 1.29 is 23.1 Å². The van der Waals surface area contributed by atoms with Gasteiger partial charge in [0.15, 0.2) is 6.61 Å². The Hall–Kier alpha value is -5.23. The van der Waals surface area contributed by atoms with Crippen LogP contribution in [0.4, 0.5) is 31.8 Å². The van der Waals surface area contributed by atoms with Crippen molar-refractivity contribution in [3.8, 4) is 27.6 Å². The number of hydrogen-bond donors (Lipinski definition) is 3. The maximum Gasteiger partial charge on any atom is 0.262 e. The number of amides is 2. The van der Waals surface area contributed by atoms with Crippen molar-refractivity contribution in [2.75, 3.05) is 22.6 Å². The molecule has 5 aromatic rings. The first kappa shape index (κ1) is 25.1. The Morgan fingerprint density at radius 3 is 2.80 bits per heavy atom. The van der Waals surface area contributed by atoms with E-state index in [0.717, 1.165) is 23.1 Å². The lowest BCUT2D eigenvalue weighted by Gasteiger charge is -2.18. The quantitative estimate of drug-likeness (QED) is 0.239. The van der Waals surface area contributed by atoms with E-state index in [1.54, 1.807) is 54.2 Å². The zero-order chi connectivity index (χ0) is 27.6. The van der Waals surface area contributed by atoms with Gasteiger partial charge in [-0.2, -0.15) is 0 Å². The minimum Gasteiger partial charge on any atom is -0.482 e. The van der Waals surface area contributed by atoms with E-state index < -0.39 is 23.1 Å². The molecule has 0 spiro atoms. The third-order valence-corrected chi connectivity index (χ3v) is 6.74. The summed E-state index contributed by atoms with van der Waals surface area (Å²) in [4.78, 5) is 38.4. The lowest BCUT2D eigenvalue weighted by atomic mass is 10.1. The Bertz CT molecular complexity index is 1780. The monoisotopic (exact) mass is 556 g/mol. The van der Waals surface area contributed by atoms with Crippen LogP contribution in [0.25, 0.3) is 21.8 Å². The second-order valence-electron chi connectivity index (χ2n) is 8.63. The average molecular weight is 557 g/mol. The maximum atomic E-state index is 14.1. The molecule has 9 nitrogen and oxygen atoms in total. The van der Waals surface area contributed by atoms with Crippen LogP contribution in [0.15, 0.2) is 78.4 Å². The van der Waals surface area contributed by atoms with Gasteiger partial charge in [0.1, 0.15) is 17.4 Å². The molecule has 0 unspecified atom stereocenters. The molecule has 12 heteroatoms. The summed E-state index contributed by atoms with van der Waals surface area (Å²) in [6.07, 6.45) is 1.61. The Balaban J connectivity index is 1.24. The third-order valence-electron chi connectivity index (χ3n) is 5.89. The van der Waals surface area contributed by atoms with Crippen molar-refractivity contribution >= 4 is 46.2 Å². The van der Waals surface area contributed by atoms with E-state index in [9.17, 15) is 18.4 Å². The van der Waals surface area contributed by atoms with E-state index in [4.69, 9.17) is 4.74 Å². The summed E-state index contributed by atoms with van der Waals surface area (Å²) in [5, 5.41) is 8.51. The van der Waals surface area contributed by atoms with Gasteiger partial charge < -0.3 is 20.7 Å². The van der Waals surface area contributed by atoms with Gasteiger partial charge in [-0.05, 0) is 54.6 Å². The molecule has 3 heterocycles. The maximum absolute atomic E-state index is 14.1. The van der Waals surface area contributed by atoms with E-state index in [-0.39, 0.29) is 12.5 Å². The van der Waals surface area contributed by atoms with Gasteiger partial charge in [0.25, 0.3) is 11.8 Å². The number of carbonyl (C=O) groups is 2. The van der Waals surface area contributed by atoms with Crippen LogP contribution in [0.1, 0.15) is 10.4 Å². The molecular formula is C28H18F2N6O3S. The minimum atomic E-state index is -0.821. The molecule has 1 aliphatic heterocycles. The Morgan fingerprint density at radius 1 is 1.00 bits per heavy atom. The summed E-state index contributed by atoms with van der Waals surface area (Å²) >= 11 is 1.38. The molecule has 0 fully saturated rings. The lowest BCUT2D eigenvalue weighted by Crippen LogP contribution is -2.25. The highest BCUT2D eigenvalue weighted by molar-refractivity contribution is 7.13. The predicted molar refractivity (Wildman–Crippen MR) is 147 cm³/mol. The van der Waals surface area contributed by atoms with Crippen LogP contribution in [0.2, 0.25) is 0 Å². The number of carbonyl (C=O) groups excluding carboxylic acids is 2. The molecule has 3 aromatic carbocycles.